The van der Waals surface area contributed by atoms with Gasteiger partial charge < -0.3 is 10.1 Å². The highest BCUT2D eigenvalue weighted by molar-refractivity contribution is 9.10. The fourth-order valence-corrected chi connectivity index (χ4v) is 3.00. The fourth-order valence-electron chi connectivity index (χ4n) is 1.57. The fraction of sp³-hybridized carbons (Fsp3) is 0.231. The van der Waals surface area contributed by atoms with Crippen LogP contribution in [0.2, 0.25) is 0 Å². The number of benzene rings is 1. The lowest BCUT2D eigenvalue weighted by molar-refractivity contribution is 0.185. The number of rotatable bonds is 5. The van der Waals surface area contributed by atoms with Crippen molar-refractivity contribution in [1.29, 1.82) is 0 Å². The highest BCUT2D eigenvalue weighted by Gasteiger charge is 2.01. The van der Waals surface area contributed by atoms with Gasteiger partial charge in [0.15, 0.2) is 0 Å². The van der Waals surface area contributed by atoms with Crippen molar-refractivity contribution >= 4 is 33.0 Å². The number of nitrogens with one attached hydrogen (secondary N) is 1. The van der Waals surface area contributed by atoms with Gasteiger partial charge in [0, 0.05) is 22.1 Å². The molecule has 0 radical (unpaired) electrons. The van der Waals surface area contributed by atoms with Crippen molar-refractivity contribution in [2.45, 2.75) is 13.2 Å². The Morgan fingerprint density at radius 3 is 2.94 bits per heavy atom. The summed E-state index contributed by atoms with van der Waals surface area (Å²) in [6.45, 7) is 1.49. The molecule has 0 saturated heterocycles. The van der Waals surface area contributed by atoms with E-state index in [1.54, 1.807) is 18.4 Å². The van der Waals surface area contributed by atoms with Gasteiger partial charge in [0.2, 0.25) is 0 Å². The standard InChI is InChI=1S/C13H14BrNOS/c1-16-9-10-3-2-4-11(7-10)15-8-13-12(14)5-6-17-13/h2-7,15H,8-9H2,1H3. The third-order valence-corrected chi connectivity index (χ3v) is 4.31. The van der Waals surface area contributed by atoms with Gasteiger partial charge in [0.05, 0.1) is 13.2 Å². The van der Waals surface area contributed by atoms with E-state index in [1.807, 2.05) is 6.07 Å². The number of hydrogen-bond acceptors (Lipinski definition) is 3. The summed E-state index contributed by atoms with van der Waals surface area (Å²) >= 11 is 5.28. The number of halogens is 1. The van der Waals surface area contributed by atoms with Gasteiger partial charge in [-0.05, 0) is 45.1 Å². The van der Waals surface area contributed by atoms with Gasteiger partial charge in [0.1, 0.15) is 0 Å². The van der Waals surface area contributed by atoms with Crippen molar-refractivity contribution in [3.05, 3.63) is 50.6 Å². The van der Waals surface area contributed by atoms with Crippen molar-refractivity contribution in [2.24, 2.45) is 0 Å². The van der Waals surface area contributed by atoms with Crippen molar-refractivity contribution in [1.82, 2.24) is 0 Å². The molecule has 0 bridgehead atoms. The first-order valence-corrected chi connectivity index (χ1v) is 7.00. The molecule has 1 aromatic carbocycles. The SMILES string of the molecule is COCc1cccc(NCc2sccc2Br)c1. The lowest BCUT2D eigenvalue weighted by atomic mass is 10.2. The summed E-state index contributed by atoms with van der Waals surface area (Å²) in [5.41, 5.74) is 2.31. The van der Waals surface area contributed by atoms with Gasteiger partial charge in [-0.25, -0.2) is 0 Å². The van der Waals surface area contributed by atoms with Crippen LogP contribution in [0.5, 0.6) is 0 Å². The van der Waals surface area contributed by atoms with Gasteiger partial charge >= 0.3 is 0 Å². The molecule has 0 aliphatic rings. The topological polar surface area (TPSA) is 21.3 Å². The van der Waals surface area contributed by atoms with Crippen LogP contribution in [0.4, 0.5) is 5.69 Å². The molecule has 0 unspecified atom stereocenters. The first-order chi connectivity index (χ1) is 8.29. The summed E-state index contributed by atoms with van der Waals surface area (Å²) in [4.78, 5) is 1.31. The van der Waals surface area contributed by atoms with Gasteiger partial charge in [0.25, 0.3) is 0 Å². The molecular formula is C13H14BrNOS. The average molecular weight is 312 g/mol. The Morgan fingerprint density at radius 1 is 1.35 bits per heavy atom. The monoisotopic (exact) mass is 311 g/mol. The molecule has 0 atom stereocenters. The lowest BCUT2D eigenvalue weighted by Crippen LogP contribution is -1.98. The quantitative estimate of drug-likeness (QED) is 0.890. The summed E-state index contributed by atoms with van der Waals surface area (Å²) < 4.78 is 6.29. The zero-order chi connectivity index (χ0) is 12.1. The molecule has 0 amide bonds. The van der Waals surface area contributed by atoms with Crippen LogP contribution in [0, 0.1) is 0 Å². The number of ether oxygens (including phenoxy) is 1. The third kappa shape index (κ3) is 3.56. The van der Waals surface area contributed by atoms with E-state index in [0.29, 0.717) is 6.61 Å². The van der Waals surface area contributed by atoms with Crippen LogP contribution in [-0.2, 0) is 17.9 Å². The van der Waals surface area contributed by atoms with E-state index in [2.05, 4.69) is 50.9 Å². The van der Waals surface area contributed by atoms with Crippen molar-refractivity contribution in [2.75, 3.05) is 12.4 Å². The third-order valence-electron chi connectivity index (χ3n) is 2.38. The predicted molar refractivity (Wildman–Crippen MR) is 76.5 cm³/mol. The van der Waals surface area contributed by atoms with Crippen molar-refractivity contribution in [3.63, 3.8) is 0 Å². The smallest absolute Gasteiger partial charge is 0.0713 e. The second-order valence-corrected chi connectivity index (χ2v) is 5.53. The molecule has 0 spiro atoms. The zero-order valence-electron chi connectivity index (χ0n) is 9.57. The Labute approximate surface area is 114 Å². The first-order valence-electron chi connectivity index (χ1n) is 5.33. The Hall–Kier alpha value is -0.840. The van der Waals surface area contributed by atoms with Crippen LogP contribution in [-0.4, -0.2) is 7.11 Å². The molecule has 1 aromatic heterocycles. The summed E-state index contributed by atoms with van der Waals surface area (Å²) in [6, 6.07) is 10.4. The van der Waals surface area contributed by atoms with Gasteiger partial charge in [-0.15, -0.1) is 11.3 Å². The number of hydrogen-bond donors (Lipinski definition) is 1. The van der Waals surface area contributed by atoms with Crippen LogP contribution < -0.4 is 5.32 Å². The molecule has 2 aromatic rings. The number of methoxy groups -OCH3 is 1. The maximum Gasteiger partial charge on any atom is 0.0713 e. The van der Waals surface area contributed by atoms with Crippen LogP contribution in [0.1, 0.15) is 10.4 Å². The Bertz CT molecular complexity index is 484. The molecule has 0 aliphatic carbocycles. The van der Waals surface area contributed by atoms with Gasteiger partial charge in [-0.2, -0.15) is 0 Å². The molecule has 4 heteroatoms. The van der Waals surface area contributed by atoms with E-state index < -0.39 is 0 Å². The zero-order valence-corrected chi connectivity index (χ0v) is 12.0. The van der Waals surface area contributed by atoms with Crippen LogP contribution in [0.25, 0.3) is 0 Å². The molecule has 1 N–H and O–H groups in total. The predicted octanol–water partition coefficient (Wildman–Crippen LogP) is 4.27. The molecule has 17 heavy (non-hydrogen) atoms. The van der Waals surface area contributed by atoms with E-state index in [4.69, 9.17) is 4.74 Å². The molecule has 90 valence electrons. The molecule has 0 aliphatic heterocycles. The second-order valence-electron chi connectivity index (χ2n) is 3.68. The number of anilines is 1. The first kappa shape index (κ1) is 12.6. The van der Waals surface area contributed by atoms with Gasteiger partial charge in [-0.3, -0.25) is 0 Å². The minimum atomic E-state index is 0.651. The Kier molecular flexibility index (Phi) is 4.59. The minimum Gasteiger partial charge on any atom is -0.380 e. The highest BCUT2D eigenvalue weighted by Crippen LogP contribution is 2.23. The molecule has 2 nitrogen and oxygen atoms in total. The lowest BCUT2D eigenvalue weighted by Gasteiger charge is -2.07. The largest absolute Gasteiger partial charge is 0.380 e. The summed E-state index contributed by atoms with van der Waals surface area (Å²) in [5, 5.41) is 5.50. The average Bonchev–Trinajstić information content (AvgIpc) is 2.73. The van der Waals surface area contributed by atoms with E-state index in [-0.39, 0.29) is 0 Å². The Morgan fingerprint density at radius 2 is 2.24 bits per heavy atom. The van der Waals surface area contributed by atoms with E-state index in [0.717, 1.165) is 12.2 Å². The highest BCUT2D eigenvalue weighted by atomic mass is 79.9. The van der Waals surface area contributed by atoms with Crippen LogP contribution in [0.3, 0.4) is 0 Å². The minimum absolute atomic E-state index is 0.651. The van der Waals surface area contributed by atoms with Gasteiger partial charge in [-0.1, -0.05) is 12.1 Å². The normalized spacial score (nSPS) is 10.5. The summed E-state index contributed by atoms with van der Waals surface area (Å²) in [5.74, 6) is 0. The van der Waals surface area contributed by atoms with E-state index >= 15 is 0 Å². The Balaban J connectivity index is 1.99. The summed E-state index contributed by atoms with van der Waals surface area (Å²) in [7, 11) is 1.71. The second kappa shape index (κ2) is 6.19. The van der Waals surface area contributed by atoms with Crippen LogP contribution >= 0.6 is 27.3 Å². The van der Waals surface area contributed by atoms with E-state index in [9.17, 15) is 0 Å². The van der Waals surface area contributed by atoms with Crippen molar-refractivity contribution < 1.29 is 4.74 Å². The maximum atomic E-state index is 5.12. The van der Waals surface area contributed by atoms with E-state index in [1.165, 1.54) is 14.9 Å². The molecule has 1 heterocycles. The maximum absolute atomic E-state index is 5.12. The molecule has 2 rings (SSSR count). The van der Waals surface area contributed by atoms with Crippen LogP contribution in [0.15, 0.2) is 40.2 Å². The number of thiophene rings is 1. The molecule has 0 saturated carbocycles. The van der Waals surface area contributed by atoms with Crippen molar-refractivity contribution in [3.8, 4) is 0 Å². The molecule has 0 fully saturated rings. The molecular weight excluding hydrogens is 298 g/mol. The summed E-state index contributed by atoms with van der Waals surface area (Å²) in [6.07, 6.45) is 0.